The van der Waals surface area contributed by atoms with Crippen LogP contribution in [0.15, 0.2) is 54.4 Å². The molecule has 3 aromatic rings. The van der Waals surface area contributed by atoms with Gasteiger partial charge in [-0.25, -0.2) is 18.7 Å². The van der Waals surface area contributed by atoms with E-state index in [4.69, 9.17) is 21.3 Å². The molecular weight excluding hydrogens is 760 g/mol. The van der Waals surface area contributed by atoms with Crippen LogP contribution in [-0.4, -0.2) is 115 Å². The number of piperazine rings is 1. The van der Waals surface area contributed by atoms with Crippen LogP contribution in [0.3, 0.4) is 0 Å². The van der Waals surface area contributed by atoms with Gasteiger partial charge < -0.3 is 25.0 Å². The number of aromatic hydroxyl groups is 1. The summed E-state index contributed by atoms with van der Waals surface area (Å²) in [6, 6.07) is 3.62. The molecule has 0 radical (unpaired) electrons. The van der Waals surface area contributed by atoms with Gasteiger partial charge >= 0.3 is 0 Å². The van der Waals surface area contributed by atoms with E-state index in [9.17, 15) is 28.3 Å². The molecule has 57 heavy (non-hydrogen) atoms. The lowest BCUT2D eigenvalue weighted by Gasteiger charge is -2.34. The van der Waals surface area contributed by atoms with Crippen molar-refractivity contribution in [3.63, 3.8) is 0 Å². The highest BCUT2D eigenvalue weighted by Crippen LogP contribution is 2.34. The molecule has 0 saturated carbocycles. The maximum atomic E-state index is 14.0. The van der Waals surface area contributed by atoms with Crippen LogP contribution in [0.25, 0.3) is 5.57 Å². The summed E-state index contributed by atoms with van der Waals surface area (Å²) in [5.74, 6) is -4.33. The fraction of sp³-hybridized carbons (Fsp3) is 0.475. The van der Waals surface area contributed by atoms with E-state index >= 15 is 0 Å². The van der Waals surface area contributed by atoms with Crippen LogP contribution in [0.1, 0.15) is 87.3 Å². The number of amides is 2. The van der Waals surface area contributed by atoms with E-state index in [0.29, 0.717) is 43.9 Å². The summed E-state index contributed by atoms with van der Waals surface area (Å²) in [5, 5.41) is 17.6. The Bertz CT molecular complexity index is 2030. The zero-order valence-electron chi connectivity index (χ0n) is 33.8. The maximum Gasteiger partial charge on any atom is 0.276 e. The third-order valence-electron chi connectivity index (χ3n) is 9.50. The fourth-order valence-corrected chi connectivity index (χ4v) is 6.25. The maximum absolute atomic E-state index is 14.0. The molecule has 0 bridgehead atoms. The van der Waals surface area contributed by atoms with Crippen LogP contribution in [0.5, 0.6) is 5.75 Å². The summed E-state index contributed by atoms with van der Waals surface area (Å²) in [6.07, 6.45) is 5.53. The Balaban J connectivity index is 0.00000354. The first-order valence-corrected chi connectivity index (χ1v) is 19.2. The van der Waals surface area contributed by atoms with Gasteiger partial charge in [-0.15, -0.1) is 5.10 Å². The van der Waals surface area contributed by atoms with Gasteiger partial charge in [0.25, 0.3) is 17.7 Å². The molecule has 308 valence electrons. The summed E-state index contributed by atoms with van der Waals surface area (Å²) in [7, 11) is 0. The molecule has 2 aliphatic rings. The third-order valence-corrected chi connectivity index (χ3v) is 9.82. The normalized spacial score (nSPS) is 16.7. The third kappa shape index (κ3) is 10.9. The molecule has 0 spiro atoms. The highest BCUT2D eigenvalue weighted by molar-refractivity contribution is 6.33. The molecule has 2 fully saturated rings. The van der Waals surface area contributed by atoms with Crippen molar-refractivity contribution >= 4 is 46.5 Å². The van der Waals surface area contributed by atoms with Gasteiger partial charge in [0, 0.05) is 45.2 Å². The minimum Gasteiger partial charge on any atom is -0.504 e. The number of benzene rings is 1. The van der Waals surface area contributed by atoms with E-state index in [1.165, 1.54) is 23.1 Å². The Labute approximate surface area is 337 Å². The molecular formula is C40H52ClF2N9O5. The lowest BCUT2D eigenvalue weighted by Crippen LogP contribution is -2.50. The zero-order chi connectivity index (χ0) is 42.2. The number of allylic oxidation sites excluding steroid dienone is 3. The zero-order valence-corrected chi connectivity index (χ0v) is 34.6. The van der Waals surface area contributed by atoms with E-state index in [1.54, 1.807) is 16.7 Å². The largest absolute Gasteiger partial charge is 0.504 e. The number of anilines is 2. The molecule has 0 unspecified atom stereocenters. The van der Waals surface area contributed by atoms with Gasteiger partial charge in [0.15, 0.2) is 17.3 Å². The lowest BCUT2D eigenvalue weighted by atomic mass is 9.96. The van der Waals surface area contributed by atoms with Crippen molar-refractivity contribution in [3.05, 3.63) is 82.2 Å². The average molecular weight is 812 g/mol. The number of nitrogens with zero attached hydrogens (tertiary/aromatic N) is 8. The van der Waals surface area contributed by atoms with Crippen molar-refractivity contribution in [2.45, 2.75) is 73.3 Å². The molecule has 0 aliphatic carbocycles. The molecule has 14 nitrogen and oxygen atoms in total. The van der Waals surface area contributed by atoms with Gasteiger partial charge in [-0.3, -0.25) is 19.3 Å². The minimum atomic E-state index is -3.11. The molecule has 2 amide bonds. The Morgan fingerprint density at radius 3 is 2.44 bits per heavy atom. The second kappa shape index (κ2) is 18.9. The van der Waals surface area contributed by atoms with Crippen LogP contribution >= 0.6 is 11.6 Å². The van der Waals surface area contributed by atoms with Gasteiger partial charge in [-0.05, 0) is 63.0 Å². The highest BCUT2D eigenvalue weighted by atomic mass is 35.5. The second-order valence-corrected chi connectivity index (χ2v) is 14.5. The van der Waals surface area contributed by atoms with E-state index in [0.717, 1.165) is 24.1 Å². The molecule has 2 aliphatic heterocycles. The first-order valence-electron chi connectivity index (χ1n) is 18.9. The number of nitrogens with one attached hydrogen (secondary N) is 1. The topological polar surface area (TPSA) is 159 Å². The molecule has 0 atom stereocenters. The van der Waals surface area contributed by atoms with Crippen molar-refractivity contribution in [1.82, 2.24) is 34.5 Å². The van der Waals surface area contributed by atoms with Gasteiger partial charge in [0.05, 0.1) is 35.2 Å². The Morgan fingerprint density at radius 1 is 1.16 bits per heavy atom. The van der Waals surface area contributed by atoms with E-state index in [2.05, 4.69) is 27.0 Å². The number of rotatable bonds is 12. The quantitative estimate of drug-likeness (QED) is 0.205. The van der Waals surface area contributed by atoms with E-state index in [-0.39, 0.29) is 65.7 Å². The number of aromatic nitrogens is 5. The summed E-state index contributed by atoms with van der Waals surface area (Å²) < 4.78 is 34.7. The number of carbonyl (C=O) groups excluding carboxylic acids is 3. The average Bonchev–Trinajstić information content (AvgIpc) is 3.73. The van der Waals surface area contributed by atoms with Crippen LogP contribution in [0.4, 0.5) is 20.4 Å². The summed E-state index contributed by atoms with van der Waals surface area (Å²) in [4.78, 5) is 58.2. The smallest absolute Gasteiger partial charge is 0.276 e. The van der Waals surface area contributed by atoms with Crippen molar-refractivity contribution in [3.8, 4) is 5.75 Å². The fourth-order valence-electron chi connectivity index (χ4n) is 6.02. The molecule has 2 aromatic heterocycles. The predicted molar refractivity (Wildman–Crippen MR) is 216 cm³/mol. The molecule has 4 heterocycles. The van der Waals surface area contributed by atoms with Crippen LogP contribution < -0.4 is 10.2 Å². The number of halogens is 3. The minimum absolute atomic E-state index is 0.0468. The molecule has 5 rings (SSSR count). The predicted octanol–water partition coefficient (Wildman–Crippen LogP) is 6.52. The highest BCUT2D eigenvalue weighted by Gasteiger charge is 2.32. The molecule has 2 saturated heterocycles. The summed E-state index contributed by atoms with van der Waals surface area (Å²) >= 11 is 6.26. The Kier molecular flexibility index (Phi) is 14.8. The number of ether oxygens (including phenoxy) is 1. The van der Waals surface area contributed by atoms with Crippen LogP contribution in [-0.2, 0) is 15.5 Å². The summed E-state index contributed by atoms with van der Waals surface area (Å²) in [5.41, 5.74) is 2.02. The Hall–Kier alpha value is -5.06. The number of hydrogen-bond acceptors (Lipinski definition) is 11. The molecule has 2 N–H and O–H groups in total. The van der Waals surface area contributed by atoms with Gasteiger partial charge in [-0.2, -0.15) is 9.67 Å². The molecule has 17 heteroatoms. The number of carbonyl (C=O) groups is 3. The van der Waals surface area contributed by atoms with E-state index in [1.807, 2.05) is 58.6 Å². The standard InChI is InChI=1S/C38H46ClF2N9O5.C2H6/c1-8-13-49(19-30(51)44-29-12-11-27(18-28(29)39)38(7,40)41)36-45-34(23(2)9-10-26-21-55-37(5,6)24(26)3)46-50(36)31(52)20-47-14-16-48(17-15-47)35(54)32-33(53)25(4)42-22-43-32;1-2/h9-12,18,22,53H,3,8,13-17,19-21H2,1-2,4-7H3,(H,44,51);1-2H3/b23-9+,26-10-;. The van der Waals surface area contributed by atoms with Crippen LogP contribution in [0, 0.1) is 6.92 Å². The molecule has 1 aromatic carbocycles. The SMILES string of the molecule is C=C1/C(=C\C=C(/C)c2nc(N(CCC)CC(=O)Nc3ccc(C(C)(F)F)cc3Cl)n(C(=O)CN3CCN(C(=O)c4ncnc(C)c4O)CC3)n2)COC1(C)C.CC. The Morgan fingerprint density at radius 2 is 1.84 bits per heavy atom. The second-order valence-electron chi connectivity index (χ2n) is 14.1. The van der Waals surface area contributed by atoms with Crippen molar-refractivity contribution in [2.24, 2.45) is 0 Å². The van der Waals surface area contributed by atoms with E-state index < -0.39 is 29.2 Å². The lowest BCUT2D eigenvalue weighted by molar-refractivity contribution is -0.115. The van der Waals surface area contributed by atoms with Gasteiger partial charge in [0.1, 0.15) is 12.9 Å². The number of hydrogen-bond donors (Lipinski definition) is 2. The van der Waals surface area contributed by atoms with Crippen molar-refractivity contribution in [2.75, 3.05) is 62.6 Å². The first-order chi connectivity index (χ1) is 26.9. The van der Waals surface area contributed by atoms with Gasteiger partial charge in [-0.1, -0.05) is 57.2 Å². The summed E-state index contributed by atoms with van der Waals surface area (Å²) in [6.45, 7) is 19.8. The van der Waals surface area contributed by atoms with Crippen LogP contribution in [0.2, 0.25) is 5.02 Å². The first kappa shape index (κ1) is 44.7. The van der Waals surface area contributed by atoms with Crippen molar-refractivity contribution < 1.29 is 33.0 Å². The van der Waals surface area contributed by atoms with Crippen molar-refractivity contribution in [1.29, 1.82) is 0 Å². The monoisotopic (exact) mass is 811 g/mol. The number of aryl methyl sites for hydroxylation is 1. The van der Waals surface area contributed by atoms with Gasteiger partial charge in [0.2, 0.25) is 11.9 Å². The number of alkyl halides is 2.